The van der Waals surface area contributed by atoms with Crippen LogP contribution in [0.25, 0.3) is 0 Å². The Kier molecular flexibility index (Phi) is 31.5. The fraction of sp³-hybridized carbons (Fsp3) is 0.750. The zero-order valence-corrected chi connectivity index (χ0v) is 14.3. The second kappa shape index (κ2) is 22.4. The van der Waals surface area contributed by atoms with E-state index < -0.39 is 17.9 Å². The largest absolute Gasteiger partial charge is 0.481 e. The van der Waals surface area contributed by atoms with Crippen molar-refractivity contribution in [2.75, 3.05) is 0 Å². The van der Waals surface area contributed by atoms with E-state index in [9.17, 15) is 14.4 Å². The third kappa shape index (κ3) is 59.0. The zero-order valence-electron chi connectivity index (χ0n) is 11.8. The summed E-state index contributed by atoms with van der Waals surface area (Å²) in [5.74, 6) is -2.13. The molecule has 3 N–H and O–H groups in total. The van der Waals surface area contributed by atoms with Crippen LogP contribution in [0.4, 0.5) is 0 Å². The van der Waals surface area contributed by atoms with Gasteiger partial charge in [-0.05, 0) is 19.3 Å². The van der Waals surface area contributed by atoms with E-state index >= 15 is 0 Å². The van der Waals surface area contributed by atoms with Crippen LogP contribution < -0.4 is 0 Å². The first kappa shape index (κ1) is 26.7. The Balaban J connectivity index is -0.0000000865. The second-order valence-corrected chi connectivity index (χ2v) is 3.43. The van der Waals surface area contributed by atoms with Gasteiger partial charge in [-0.3, -0.25) is 14.4 Å². The molecule has 0 aromatic rings. The van der Waals surface area contributed by atoms with Gasteiger partial charge in [0.2, 0.25) is 0 Å². The molecular weight excluding hydrogens is 362 g/mol. The molecule has 0 saturated carbocycles. The van der Waals surface area contributed by atoms with E-state index in [1.54, 1.807) is 0 Å². The van der Waals surface area contributed by atoms with Gasteiger partial charge in [-0.2, -0.15) is 0 Å². The van der Waals surface area contributed by atoms with Crippen LogP contribution in [0.5, 0.6) is 0 Å². The van der Waals surface area contributed by atoms with Gasteiger partial charge < -0.3 is 15.3 Å². The molecule has 0 amide bonds. The fourth-order valence-corrected chi connectivity index (χ4v) is 0.642. The first-order valence-electron chi connectivity index (χ1n) is 5.97. The van der Waals surface area contributed by atoms with Crippen LogP contribution in [0.15, 0.2) is 0 Å². The molecule has 0 aliphatic rings. The van der Waals surface area contributed by atoms with E-state index in [0.29, 0.717) is 19.3 Å². The molecule has 0 saturated heterocycles. The third-order valence-electron chi connectivity index (χ3n) is 1.39. The normalized spacial score (nSPS) is 7.74. The summed E-state index contributed by atoms with van der Waals surface area (Å²) in [6, 6.07) is 0. The van der Waals surface area contributed by atoms with E-state index in [2.05, 4.69) is 0 Å². The second-order valence-electron chi connectivity index (χ2n) is 3.43. The number of carbonyl (C=O) groups is 3. The summed E-state index contributed by atoms with van der Waals surface area (Å²) in [6.07, 6.45) is 3.07. The minimum absolute atomic E-state index is 0. The van der Waals surface area contributed by atoms with Crippen LogP contribution in [0, 0.1) is 0 Å². The van der Waals surface area contributed by atoms with Gasteiger partial charge in [-0.25, -0.2) is 0 Å². The van der Waals surface area contributed by atoms with Gasteiger partial charge in [0.1, 0.15) is 0 Å². The molecule has 0 atom stereocenters. The fourth-order valence-electron chi connectivity index (χ4n) is 0.642. The Morgan fingerprint density at radius 2 is 0.789 bits per heavy atom. The average molecular weight is 386 g/mol. The molecule has 3 radical (unpaired) electrons. The topological polar surface area (TPSA) is 112 Å². The molecule has 0 bridgehead atoms. The van der Waals surface area contributed by atoms with E-state index in [1.165, 1.54) is 0 Å². The van der Waals surface area contributed by atoms with Crippen molar-refractivity contribution in [3.63, 3.8) is 0 Å². The van der Waals surface area contributed by atoms with Crippen molar-refractivity contribution in [1.82, 2.24) is 0 Å². The van der Waals surface area contributed by atoms with E-state index in [4.69, 9.17) is 15.3 Å². The van der Waals surface area contributed by atoms with Gasteiger partial charge in [0.25, 0.3) is 0 Å². The first-order chi connectivity index (χ1) is 8.31. The van der Waals surface area contributed by atoms with E-state index in [1.807, 2.05) is 20.8 Å². The maximum Gasteiger partial charge on any atom is 0.303 e. The standard InChI is InChI=1S/3C4H8O2.Sb/c3*1-2-3-4(5)6;/h3*2-3H2,1H3,(H,5,6);. The molecule has 0 unspecified atom stereocenters. The monoisotopic (exact) mass is 385 g/mol. The Bertz CT molecular complexity index is 192. The maximum absolute atomic E-state index is 9.60. The van der Waals surface area contributed by atoms with Crippen molar-refractivity contribution in [3.8, 4) is 0 Å². The molecule has 0 aliphatic heterocycles. The SMILES string of the molecule is CCCC(=O)O.CCCC(=O)O.CCCC(=O)O.[Sb]. The first-order valence-corrected chi connectivity index (χ1v) is 5.97. The summed E-state index contributed by atoms with van der Waals surface area (Å²) < 4.78 is 0. The predicted molar refractivity (Wildman–Crippen MR) is 73.4 cm³/mol. The van der Waals surface area contributed by atoms with Crippen molar-refractivity contribution in [1.29, 1.82) is 0 Å². The molecule has 7 heteroatoms. The Morgan fingerprint density at radius 3 is 0.789 bits per heavy atom. The van der Waals surface area contributed by atoms with Crippen molar-refractivity contribution in [3.05, 3.63) is 0 Å². The minimum Gasteiger partial charge on any atom is -0.481 e. The predicted octanol–water partition coefficient (Wildman–Crippen LogP) is 2.23. The maximum atomic E-state index is 9.60. The number of carboxylic acid groups (broad SMARTS) is 3. The number of carboxylic acids is 3. The molecule has 6 nitrogen and oxygen atoms in total. The summed E-state index contributed by atoms with van der Waals surface area (Å²) in [5.41, 5.74) is 0. The average Bonchev–Trinajstić information content (AvgIpc) is 2.18. The van der Waals surface area contributed by atoms with Crippen LogP contribution in [0.2, 0.25) is 0 Å². The smallest absolute Gasteiger partial charge is 0.303 e. The van der Waals surface area contributed by atoms with Crippen molar-refractivity contribution >= 4 is 42.3 Å². The Hall–Kier alpha value is -0.772. The van der Waals surface area contributed by atoms with E-state index in [-0.39, 0.29) is 24.4 Å². The van der Waals surface area contributed by atoms with E-state index in [0.717, 1.165) is 19.3 Å². The van der Waals surface area contributed by atoms with Crippen LogP contribution >= 0.6 is 0 Å². The van der Waals surface area contributed by atoms with Gasteiger partial charge in [-0.1, -0.05) is 20.8 Å². The summed E-state index contributed by atoms with van der Waals surface area (Å²) in [5, 5.41) is 23.7. The minimum atomic E-state index is -0.711. The number of hydrogen-bond donors (Lipinski definition) is 3. The zero-order chi connectivity index (χ0) is 15.0. The van der Waals surface area contributed by atoms with Crippen molar-refractivity contribution in [2.24, 2.45) is 0 Å². The molecule has 0 aromatic heterocycles. The number of hydrogen-bond acceptors (Lipinski definition) is 3. The molecule has 0 fully saturated rings. The van der Waals surface area contributed by atoms with Gasteiger partial charge in [0, 0.05) is 43.7 Å². The molecule has 113 valence electrons. The summed E-state index contributed by atoms with van der Waals surface area (Å²) in [4.78, 5) is 28.8. The summed E-state index contributed by atoms with van der Waals surface area (Å²) in [7, 11) is 0. The van der Waals surface area contributed by atoms with Crippen molar-refractivity contribution in [2.45, 2.75) is 59.3 Å². The molecule has 0 rings (SSSR count). The third-order valence-corrected chi connectivity index (χ3v) is 1.39. The molecular formula is C12H24O6Sb. The van der Waals surface area contributed by atoms with Crippen LogP contribution in [-0.4, -0.2) is 57.7 Å². The summed E-state index contributed by atoms with van der Waals surface area (Å²) in [6.45, 7) is 5.52. The molecule has 0 spiro atoms. The summed E-state index contributed by atoms with van der Waals surface area (Å²) >= 11 is 0. The van der Waals surface area contributed by atoms with Gasteiger partial charge in [-0.15, -0.1) is 0 Å². The van der Waals surface area contributed by atoms with Gasteiger partial charge in [0.15, 0.2) is 0 Å². The van der Waals surface area contributed by atoms with Crippen LogP contribution in [0.3, 0.4) is 0 Å². The molecule has 0 heterocycles. The number of aliphatic carboxylic acids is 3. The Labute approximate surface area is 131 Å². The molecule has 19 heavy (non-hydrogen) atoms. The van der Waals surface area contributed by atoms with Crippen LogP contribution in [-0.2, 0) is 14.4 Å². The van der Waals surface area contributed by atoms with Crippen LogP contribution in [0.1, 0.15) is 59.3 Å². The quantitative estimate of drug-likeness (QED) is 0.604. The van der Waals surface area contributed by atoms with Gasteiger partial charge >= 0.3 is 17.9 Å². The molecule has 0 aliphatic carbocycles. The Morgan fingerprint density at radius 1 is 0.632 bits per heavy atom. The number of rotatable bonds is 6. The van der Waals surface area contributed by atoms with Gasteiger partial charge in [0.05, 0.1) is 0 Å². The molecule has 0 aromatic carbocycles. The van der Waals surface area contributed by atoms with Crippen molar-refractivity contribution < 1.29 is 29.7 Å².